The third kappa shape index (κ3) is 4.31. The molecular weight excluding hydrogens is 321 g/mol. The lowest BCUT2D eigenvalue weighted by molar-refractivity contribution is -0.146. The third-order valence-electron chi connectivity index (χ3n) is 4.27. The Hall–Kier alpha value is -1.96. The Morgan fingerprint density at radius 2 is 2.12 bits per heavy atom. The number of nitrogens with zero attached hydrogens (tertiary/aromatic N) is 4. The van der Waals surface area contributed by atoms with Crippen molar-refractivity contribution in [3.8, 4) is 0 Å². The van der Waals surface area contributed by atoms with Crippen molar-refractivity contribution in [2.75, 3.05) is 6.54 Å². The topological polar surface area (TPSA) is 55.1 Å². The number of aryl methyl sites for hydroxylation is 1. The summed E-state index contributed by atoms with van der Waals surface area (Å²) in [6.45, 7) is 1.09. The highest BCUT2D eigenvalue weighted by atomic mass is 19.4. The van der Waals surface area contributed by atoms with Gasteiger partial charge in [0.15, 0.2) is 0 Å². The number of pyridine rings is 1. The van der Waals surface area contributed by atoms with Crippen LogP contribution < -0.4 is 0 Å². The quantitative estimate of drug-likeness (QED) is 0.834. The SMILES string of the molecule is FC(F)(F)c1noc(CN2CCCCC2CCc2ccccn2)n1. The third-order valence-corrected chi connectivity index (χ3v) is 4.27. The number of hydrogen-bond donors (Lipinski definition) is 0. The van der Waals surface area contributed by atoms with Crippen molar-refractivity contribution in [3.05, 3.63) is 41.8 Å². The Balaban J connectivity index is 1.61. The first-order valence-corrected chi connectivity index (χ1v) is 8.06. The van der Waals surface area contributed by atoms with Gasteiger partial charge in [0, 0.05) is 17.9 Å². The molecule has 2 aromatic heterocycles. The van der Waals surface area contributed by atoms with Crippen LogP contribution in [0.4, 0.5) is 13.2 Å². The highest BCUT2D eigenvalue weighted by Crippen LogP contribution is 2.27. The van der Waals surface area contributed by atoms with Crippen molar-refractivity contribution >= 4 is 0 Å². The summed E-state index contributed by atoms with van der Waals surface area (Å²) in [5.41, 5.74) is 1.03. The standard InChI is InChI=1S/C16H19F3N4O/c17-16(18,19)15-21-14(24-22-15)11-23-10-4-2-6-13(23)8-7-12-5-1-3-9-20-12/h1,3,5,9,13H,2,4,6-8,10-11H2. The van der Waals surface area contributed by atoms with Crippen LogP contribution in [-0.4, -0.2) is 32.6 Å². The Morgan fingerprint density at radius 3 is 2.83 bits per heavy atom. The molecule has 8 heteroatoms. The summed E-state index contributed by atoms with van der Waals surface area (Å²) in [5.74, 6) is -1.19. The molecule has 5 nitrogen and oxygen atoms in total. The van der Waals surface area contributed by atoms with E-state index in [9.17, 15) is 13.2 Å². The van der Waals surface area contributed by atoms with Crippen molar-refractivity contribution in [1.82, 2.24) is 20.0 Å². The predicted molar refractivity (Wildman–Crippen MR) is 79.9 cm³/mol. The van der Waals surface area contributed by atoms with Crippen LogP contribution in [0.25, 0.3) is 0 Å². The second-order valence-electron chi connectivity index (χ2n) is 5.99. The molecule has 1 aliphatic heterocycles. The van der Waals surface area contributed by atoms with Crippen molar-refractivity contribution in [1.29, 1.82) is 0 Å². The molecular formula is C16H19F3N4O. The summed E-state index contributed by atoms with van der Waals surface area (Å²) < 4.78 is 42.4. The van der Waals surface area contributed by atoms with Gasteiger partial charge in [-0.25, -0.2) is 0 Å². The molecule has 0 aromatic carbocycles. The van der Waals surface area contributed by atoms with E-state index in [2.05, 4.69) is 20.0 Å². The van der Waals surface area contributed by atoms with Crippen molar-refractivity contribution in [2.45, 2.75) is 50.9 Å². The largest absolute Gasteiger partial charge is 0.455 e. The van der Waals surface area contributed by atoms with Gasteiger partial charge >= 0.3 is 6.18 Å². The molecule has 0 radical (unpaired) electrons. The summed E-state index contributed by atoms with van der Waals surface area (Å²) in [6.07, 6.45) is 2.14. The smallest absolute Gasteiger partial charge is 0.338 e. The van der Waals surface area contributed by atoms with Crippen LogP contribution in [0.15, 0.2) is 28.9 Å². The molecule has 0 N–H and O–H groups in total. The van der Waals surface area contributed by atoms with Gasteiger partial charge in [0.2, 0.25) is 5.89 Å². The summed E-state index contributed by atoms with van der Waals surface area (Å²) in [5, 5.41) is 3.02. The average Bonchev–Trinajstić information content (AvgIpc) is 3.04. The molecule has 1 atom stereocenters. The maximum Gasteiger partial charge on any atom is 0.455 e. The number of rotatable bonds is 5. The molecule has 24 heavy (non-hydrogen) atoms. The summed E-state index contributed by atoms with van der Waals surface area (Å²) >= 11 is 0. The number of piperidine rings is 1. The molecule has 0 spiro atoms. The molecule has 0 bridgehead atoms. The second-order valence-corrected chi connectivity index (χ2v) is 5.99. The first-order valence-electron chi connectivity index (χ1n) is 8.06. The van der Waals surface area contributed by atoms with Gasteiger partial charge in [-0.15, -0.1) is 0 Å². The van der Waals surface area contributed by atoms with Crippen LogP contribution in [0.5, 0.6) is 0 Å². The zero-order valence-electron chi connectivity index (χ0n) is 13.2. The van der Waals surface area contributed by atoms with E-state index in [0.717, 1.165) is 44.3 Å². The fourth-order valence-corrected chi connectivity index (χ4v) is 3.06. The lowest BCUT2D eigenvalue weighted by atomic mass is 9.97. The predicted octanol–water partition coefficient (Wildman–Crippen LogP) is 3.47. The number of hydrogen-bond acceptors (Lipinski definition) is 5. The van der Waals surface area contributed by atoms with Crippen LogP contribution in [-0.2, 0) is 19.1 Å². The summed E-state index contributed by atoms with van der Waals surface area (Å²) in [7, 11) is 0. The van der Waals surface area contributed by atoms with Gasteiger partial charge < -0.3 is 4.52 Å². The zero-order valence-corrected chi connectivity index (χ0v) is 13.2. The number of aromatic nitrogens is 3. The monoisotopic (exact) mass is 340 g/mol. The number of halogens is 3. The number of alkyl halides is 3. The van der Waals surface area contributed by atoms with Crippen LogP contribution in [0, 0.1) is 0 Å². The Morgan fingerprint density at radius 1 is 1.25 bits per heavy atom. The summed E-state index contributed by atoms with van der Waals surface area (Å²) in [6, 6.07) is 6.12. The average molecular weight is 340 g/mol. The Kier molecular flexibility index (Phi) is 5.13. The van der Waals surface area contributed by atoms with Gasteiger partial charge in [0.25, 0.3) is 5.82 Å². The van der Waals surface area contributed by atoms with E-state index >= 15 is 0 Å². The van der Waals surface area contributed by atoms with E-state index < -0.39 is 12.0 Å². The molecule has 2 aromatic rings. The van der Waals surface area contributed by atoms with Gasteiger partial charge in [-0.1, -0.05) is 17.6 Å². The van der Waals surface area contributed by atoms with E-state index in [1.807, 2.05) is 18.2 Å². The maximum atomic E-state index is 12.6. The first kappa shape index (κ1) is 16.9. The van der Waals surface area contributed by atoms with E-state index in [1.54, 1.807) is 6.20 Å². The first-order chi connectivity index (χ1) is 11.5. The Bertz CT molecular complexity index is 644. The minimum atomic E-state index is -4.57. The number of likely N-dealkylation sites (tertiary alicyclic amines) is 1. The fourth-order valence-electron chi connectivity index (χ4n) is 3.06. The van der Waals surface area contributed by atoms with Crippen LogP contribution in [0.3, 0.4) is 0 Å². The lowest BCUT2D eigenvalue weighted by Crippen LogP contribution is -2.39. The van der Waals surface area contributed by atoms with E-state index in [-0.39, 0.29) is 12.4 Å². The van der Waals surface area contributed by atoms with Crippen molar-refractivity contribution in [3.63, 3.8) is 0 Å². The molecule has 1 unspecified atom stereocenters. The van der Waals surface area contributed by atoms with Crippen LogP contribution in [0.1, 0.15) is 43.1 Å². The highest BCUT2D eigenvalue weighted by molar-refractivity contribution is 5.04. The molecule has 3 heterocycles. The highest BCUT2D eigenvalue weighted by Gasteiger charge is 2.37. The molecule has 1 saturated heterocycles. The van der Waals surface area contributed by atoms with Crippen molar-refractivity contribution < 1.29 is 17.7 Å². The van der Waals surface area contributed by atoms with Gasteiger partial charge in [-0.3, -0.25) is 9.88 Å². The van der Waals surface area contributed by atoms with Gasteiger partial charge in [-0.2, -0.15) is 18.2 Å². The van der Waals surface area contributed by atoms with Gasteiger partial charge in [0.1, 0.15) is 0 Å². The van der Waals surface area contributed by atoms with E-state index in [1.165, 1.54) is 0 Å². The molecule has 0 saturated carbocycles. The van der Waals surface area contributed by atoms with Crippen LogP contribution in [0.2, 0.25) is 0 Å². The maximum absolute atomic E-state index is 12.6. The van der Waals surface area contributed by atoms with E-state index in [4.69, 9.17) is 4.52 Å². The fraction of sp³-hybridized carbons (Fsp3) is 0.562. The second kappa shape index (κ2) is 7.29. The minimum absolute atomic E-state index is 0.0204. The van der Waals surface area contributed by atoms with Gasteiger partial charge in [-0.05, 0) is 44.4 Å². The lowest BCUT2D eigenvalue weighted by Gasteiger charge is -2.34. The molecule has 3 rings (SSSR count). The molecule has 0 aliphatic carbocycles. The molecule has 0 amide bonds. The van der Waals surface area contributed by atoms with Gasteiger partial charge in [0.05, 0.1) is 6.54 Å². The van der Waals surface area contributed by atoms with E-state index in [0.29, 0.717) is 6.04 Å². The summed E-state index contributed by atoms with van der Waals surface area (Å²) in [4.78, 5) is 9.93. The molecule has 1 fully saturated rings. The van der Waals surface area contributed by atoms with Crippen molar-refractivity contribution in [2.24, 2.45) is 0 Å². The minimum Gasteiger partial charge on any atom is -0.338 e. The molecule has 130 valence electrons. The zero-order chi connectivity index (χ0) is 17.0. The Labute approximate surface area is 137 Å². The normalized spacial score (nSPS) is 19.5. The van der Waals surface area contributed by atoms with Crippen LogP contribution >= 0.6 is 0 Å². The molecule has 1 aliphatic rings.